The van der Waals surface area contributed by atoms with E-state index in [2.05, 4.69) is 15.0 Å². The third-order valence-corrected chi connectivity index (χ3v) is 5.75. The summed E-state index contributed by atoms with van der Waals surface area (Å²) in [5.74, 6) is -0.247. The van der Waals surface area contributed by atoms with Gasteiger partial charge in [0.2, 0.25) is 5.89 Å². The van der Waals surface area contributed by atoms with Crippen molar-refractivity contribution in [1.29, 1.82) is 0 Å². The minimum atomic E-state index is -1.07. The van der Waals surface area contributed by atoms with Crippen LogP contribution in [0.15, 0.2) is 69.4 Å². The molecule has 3 heterocycles. The zero-order valence-corrected chi connectivity index (χ0v) is 18.8. The van der Waals surface area contributed by atoms with Crippen molar-refractivity contribution in [1.82, 2.24) is 15.0 Å². The second-order valence-corrected chi connectivity index (χ2v) is 9.03. The van der Waals surface area contributed by atoms with Crippen LogP contribution in [0.4, 0.5) is 4.39 Å². The standard InChI is InChI=1S/C22H16Cl2FN3O2S/c1-22(2,29)17-7-4-13(10-26-17)19-21(31-18-8-5-14(23)11-27-18)30-20(28-19)12-3-6-16(25)15(24)9-12/h3-11,29H,1-2H3. The Balaban J connectivity index is 1.78. The van der Waals surface area contributed by atoms with Crippen LogP contribution in [0.5, 0.6) is 0 Å². The van der Waals surface area contributed by atoms with Crippen LogP contribution >= 0.6 is 35.0 Å². The molecule has 0 bridgehead atoms. The number of benzene rings is 1. The highest BCUT2D eigenvalue weighted by Crippen LogP contribution is 2.39. The molecule has 4 aromatic rings. The Hall–Kier alpha value is -2.45. The second-order valence-electron chi connectivity index (χ2n) is 7.19. The van der Waals surface area contributed by atoms with E-state index in [1.807, 2.05) is 0 Å². The Morgan fingerprint density at radius 2 is 1.77 bits per heavy atom. The molecule has 0 saturated carbocycles. The van der Waals surface area contributed by atoms with Crippen molar-refractivity contribution >= 4 is 35.0 Å². The summed E-state index contributed by atoms with van der Waals surface area (Å²) in [7, 11) is 0. The molecular formula is C22H16Cl2FN3O2S. The van der Waals surface area contributed by atoms with Crippen LogP contribution in [0.2, 0.25) is 10.0 Å². The van der Waals surface area contributed by atoms with E-state index in [1.54, 1.807) is 56.6 Å². The summed E-state index contributed by atoms with van der Waals surface area (Å²) in [6, 6.07) is 11.3. The third kappa shape index (κ3) is 4.91. The van der Waals surface area contributed by atoms with Gasteiger partial charge in [-0.3, -0.25) is 4.98 Å². The van der Waals surface area contributed by atoms with Crippen molar-refractivity contribution in [2.75, 3.05) is 0 Å². The first kappa shape index (κ1) is 21.8. The number of hydrogen-bond acceptors (Lipinski definition) is 6. The molecule has 1 N–H and O–H groups in total. The average molecular weight is 476 g/mol. The zero-order chi connectivity index (χ0) is 22.2. The minimum absolute atomic E-state index is 0.0259. The molecule has 0 saturated heterocycles. The fourth-order valence-electron chi connectivity index (χ4n) is 2.72. The fraction of sp³-hybridized carbons (Fsp3) is 0.136. The van der Waals surface area contributed by atoms with Gasteiger partial charge in [0.1, 0.15) is 22.1 Å². The van der Waals surface area contributed by atoms with Crippen molar-refractivity contribution in [3.8, 4) is 22.7 Å². The molecule has 0 unspecified atom stereocenters. The lowest BCUT2D eigenvalue weighted by Gasteiger charge is -2.16. The maximum atomic E-state index is 13.6. The number of aromatic nitrogens is 3. The predicted octanol–water partition coefficient (Wildman–Crippen LogP) is 6.62. The van der Waals surface area contributed by atoms with Crippen LogP contribution < -0.4 is 0 Å². The molecule has 158 valence electrons. The average Bonchev–Trinajstić information content (AvgIpc) is 3.15. The van der Waals surface area contributed by atoms with Crippen molar-refractivity contribution in [2.45, 2.75) is 29.6 Å². The van der Waals surface area contributed by atoms with E-state index in [9.17, 15) is 9.50 Å². The number of halogens is 3. The molecule has 0 amide bonds. The Labute approximate surface area is 192 Å². The van der Waals surface area contributed by atoms with Gasteiger partial charge >= 0.3 is 0 Å². The molecule has 0 fully saturated rings. The zero-order valence-electron chi connectivity index (χ0n) is 16.4. The molecule has 4 rings (SSSR count). The summed E-state index contributed by atoms with van der Waals surface area (Å²) < 4.78 is 19.6. The van der Waals surface area contributed by atoms with Gasteiger partial charge in [0, 0.05) is 23.5 Å². The summed E-state index contributed by atoms with van der Waals surface area (Å²) >= 11 is 13.1. The van der Waals surface area contributed by atoms with E-state index in [0.29, 0.717) is 37.7 Å². The van der Waals surface area contributed by atoms with Gasteiger partial charge in [0.25, 0.3) is 0 Å². The van der Waals surface area contributed by atoms with Crippen LogP contribution in [0.1, 0.15) is 19.5 Å². The minimum Gasteiger partial charge on any atom is -0.429 e. The molecule has 0 atom stereocenters. The molecule has 5 nitrogen and oxygen atoms in total. The smallest absolute Gasteiger partial charge is 0.228 e. The van der Waals surface area contributed by atoms with Crippen molar-refractivity contribution < 1.29 is 13.9 Å². The Kier molecular flexibility index (Phi) is 6.03. The van der Waals surface area contributed by atoms with Gasteiger partial charge < -0.3 is 9.52 Å². The van der Waals surface area contributed by atoms with Crippen LogP contribution in [0, 0.1) is 5.82 Å². The van der Waals surface area contributed by atoms with E-state index < -0.39 is 11.4 Å². The van der Waals surface area contributed by atoms with E-state index >= 15 is 0 Å². The SMILES string of the molecule is CC(C)(O)c1ccc(-c2nc(-c3ccc(F)c(Cl)c3)oc2Sc2ccc(Cl)cn2)cn1. The second kappa shape index (κ2) is 8.59. The maximum Gasteiger partial charge on any atom is 0.228 e. The molecule has 0 aliphatic rings. The number of oxazole rings is 1. The number of hydrogen-bond donors (Lipinski definition) is 1. The van der Waals surface area contributed by atoms with Crippen molar-refractivity contribution in [2.24, 2.45) is 0 Å². The first-order valence-electron chi connectivity index (χ1n) is 9.15. The molecule has 9 heteroatoms. The van der Waals surface area contributed by atoms with Crippen LogP contribution in [0.3, 0.4) is 0 Å². The van der Waals surface area contributed by atoms with Gasteiger partial charge in [-0.15, -0.1) is 0 Å². The lowest BCUT2D eigenvalue weighted by atomic mass is 10.0. The van der Waals surface area contributed by atoms with E-state index in [-0.39, 0.29) is 10.9 Å². The maximum absolute atomic E-state index is 13.6. The monoisotopic (exact) mass is 475 g/mol. The first-order valence-corrected chi connectivity index (χ1v) is 10.7. The first-order chi connectivity index (χ1) is 14.7. The van der Waals surface area contributed by atoms with Crippen molar-refractivity contribution in [3.05, 3.63) is 76.4 Å². The Morgan fingerprint density at radius 3 is 2.39 bits per heavy atom. The van der Waals surface area contributed by atoms with Gasteiger partial charge in [0.05, 0.1) is 15.7 Å². The number of rotatable bonds is 5. The van der Waals surface area contributed by atoms with Crippen LogP contribution in [-0.4, -0.2) is 20.1 Å². The summed E-state index contributed by atoms with van der Waals surface area (Å²) in [6.45, 7) is 3.32. The normalized spacial score (nSPS) is 11.7. The summed E-state index contributed by atoms with van der Waals surface area (Å²) in [6.07, 6.45) is 3.16. The van der Waals surface area contributed by atoms with Crippen molar-refractivity contribution in [3.63, 3.8) is 0 Å². The lowest BCUT2D eigenvalue weighted by molar-refractivity contribution is 0.0739. The molecular weight excluding hydrogens is 460 g/mol. The molecule has 31 heavy (non-hydrogen) atoms. The van der Waals surface area contributed by atoms with Gasteiger partial charge in [-0.05, 0) is 68.1 Å². The lowest BCUT2D eigenvalue weighted by Crippen LogP contribution is -2.17. The fourth-order valence-corrected chi connectivity index (χ4v) is 3.83. The number of nitrogens with zero attached hydrogens (tertiary/aromatic N) is 3. The topological polar surface area (TPSA) is 72.0 Å². The predicted molar refractivity (Wildman–Crippen MR) is 119 cm³/mol. The van der Waals surface area contributed by atoms with Gasteiger partial charge in [-0.1, -0.05) is 23.2 Å². The highest BCUT2D eigenvalue weighted by atomic mass is 35.5. The highest BCUT2D eigenvalue weighted by molar-refractivity contribution is 7.99. The molecule has 0 aliphatic carbocycles. The van der Waals surface area contributed by atoms with E-state index in [4.69, 9.17) is 27.6 Å². The van der Waals surface area contributed by atoms with Gasteiger partial charge in [-0.25, -0.2) is 14.4 Å². The number of pyridine rings is 2. The van der Waals surface area contributed by atoms with E-state index in [1.165, 1.54) is 23.9 Å². The van der Waals surface area contributed by atoms with Gasteiger partial charge in [-0.2, -0.15) is 0 Å². The highest BCUT2D eigenvalue weighted by Gasteiger charge is 2.21. The van der Waals surface area contributed by atoms with Crippen LogP contribution in [-0.2, 0) is 5.60 Å². The van der Waals surface area contributed by atoms with Gasteiger partial charge in [0.15, 0.2) is 5.09 Å². The molecule has 0 spiro atoms. The van der Waals surface area contributed by atoms with E-state index in [0.717, 1.165) is 0 Å². The van der Waals surface area contributed by atoms with Crippen LogP contribution in [0.25, 0.3) is 22.7 Å². The quantitative estimate of drug-likeness (QED) is 0.349. The molecule has 0 aliphatic heterocycles. The molecule has 3 aromatic heterocycles. The largest absolute Gasteiger partial charge is 0.429 e. The molecule has 1 aromatic carbocycles. The third-order valence-electron chi connectivity index (χ3n) is 4.32. The Bertz CT molecular complexity index is 1220. The summed E-state index contributed by atoms with van der Waals surface area (Å²) in [5, 5.41) is 11.8. The summed E-state index contributed by atoms with van der Waals surface area (Å²) in [4.78, 5) is 13.2. The number of aliphatic hydroxyl groups is 1. The summed E-state index contributed by atoms with van der Waals surface area (Å²) in [5.41, 5.74) is 1.21. The Morgan fingerprint density at radius 1 is 1.00 bits per heavy atom. The molecule has 0 radical (unpaired) electrons.